The zero-order chi connectivity index (χ0) is 19.9. The predicted molar refractivity (Wildman–Crippen MR) is 97.9 cm³/mol. The Kier molecular flexibility index (Phi) is 5.36. The van der Waals surface area contributed by atoms with Gasteiger partial charge < -0.3 is 9.30 Å². The maximum absolute atomic E-state index is 13.0. The van der Waals surface area contributed by atoms with Crippen LogP contribution in [0.3, 0.4) is 0 Å². The van der Waals surface area contributed by atoms with Crippen LogP contribution in [0.15, 0.2) is 29.2 Å². The van der Waals surface area contributed by atoms with E-state index in [4.69, 9.17) is 27.9 Å². The van der Waals surface area contributed by atoms with Crippen LogP contribution in [0.2, 0.25) is 10.0 Å². The Morgan fingerprint density at radius 1 is 1.19 bits per heavy atom. The standard InChI is InChI=1S/C17H15Cl2NO6S/c1-25-17(22)11-6-7-20-14(11)12(18)13(19)15(20)16(21)9-4-3-5-10(8-9)27(23,24)26-2/h3-5,8,11H,6-7H2,1-2H3. The van der Waals surface area contributed by atoms with Crippen molar-refractivity contribution in [1.82, 2.24) is 4.57 Å². The fourth-order valence-corrected chi connectivity index (χ4v) is 4.48. The SMILES string of the molecule is COC(=O)C1CCn2c(C(=O)c3cccc(S(=O)(=O)OC)c3)c(Cl)c(Cl)c21. The van der Waals surface area contributed by atoms with Gasteiger partial charge in [-0.2, -0.15) is 8.42 Å². The van der Waals surface area contributed by atoms with Crippen molar-refractivity contribution >= 4 is 45.1 Å². The minimum absolute atomic E-state index is 0.0188. The van der Waals surface area contributed by atoms with Crippen LogP contribution in [0.4, 0.5) is 0 Å². The molecule has 1 atom stereocenters. The smallest absolute Gasteiger partial charge is 0.314 e. The molecule has 1 aliphatic heterocycles. The van der Waals surface area contributed by atoms with Crippen molar-refractivity contribution in [2.24, 2.45) is 0 Å². The minimum Gasteiger partial charge on any atom is -0.469 e. The Labute approximate surface area is 165 Å². The number of nitrogens with zero attached hydrogens (tertiary/aromatic N) is 1. The van der Waals surface area contributed by atoms with E-state index in [2.05, 4.69) is 4.18 Å². The van der Waals surface area contributed by atoms with E-state index in [1.165, 1.54) is 31.4 Å². The molecule has 1 aromatic carbocycles. The van der Waals surface area contributed by atoms with Crippen LogP contribution in [-0.4, -0.2) is 39.0 Å². The molecule has 1 aliphatic rings. The molecular weight excluding hydrogens is 417 g/mol. The van der Waals surface area contributed by atoms with E-state index in [9.17, 15) is 18.0 Å². The monoisotopic (exact) mass is 431 g/mol. The fraction of sp³-hybridized carbons (Fsp3) is 0.294. The van der Waals surface area contributed by atoms with Gasteiger partial charge in [0.15, 0.2) is 0 Å². The summed E-state index contributed by atoms with van der Waals surface area (Å²) in [6.07, 6.45) is 0.428. The van der Waals surface area contributed by atoms with Gasteiger partial charge in [0.25, 0.3) is 10.1 Å². The molecule has 27 heavy (non-hydrogen) atoms. The Hall–Kier alpha value is -1.87. The van der Waals surface area contributed by atoms with E-state index >= 15 is 0 Å². The third-order valence-corrected chi connectivity index (χ3v) is 6.58. The molecule has 0 saturated heterocycles. The number of halogens is 2. The van der Waals surface area contributed by atoms with Crippen molar-refractivity contribution in [3.05, 3.63) is 51.3 Å². The molecule has 2 heterocycles. The summed E-state index contributed by atoms with van der Waals surface area (Å²) < 4.78 is 34.6. The van der Waals surface area contributed by atoms with Gasteiger partial charge >= 0.3 is 5.97 Å². The van der Waals surface area contributed by atoms with Crippen molar-refractivity contribution in [3.8, 4) is 0 Å². The maximum atomic E-state index is 13.0. The Bertz CT molecular complexity index is 1040. The predicted octanol–water partition coefficient (Wildman–Crippen LogP) is 3.02. The number of fused-ring (bicyclic) bond motifs is 1. The van der Waals surface area contributed by atoms with E-state index in [0.717, 1.165) is 7.11 Å². The molecule has 7 nitrogen and oxygen atoms in total. The van der Waals surface area contributed by atoms with Gasteiger partial charge in [0, 0.05) is 12.1 Å². The van der Waals surface area contributed by atoms with E-state index in [0.29, 0.717) is 18.7 Å². The summed E-state index contributed by atoms with van der Waals surface area (Å²) in [6, 6.07) is 5.42. The quantitative estimate of drug-likeness (QED) is 0.410. The van der Waals surface area contributed by atoms with Gasteiger partial charge in [0.05, 0.1) is 34.9 Å². The van der Waals surface area contributed by atoms with Crippen LogP contribution in [0.5, 0.6) is 0 Å². The van der Waals surface area contributed by atoms with Gasteiger partial charge in [0.2, 0.25) is 5.78 Å². The van der Waals surface area contributed by atoms with Crippen molar-refractivity contribution in [1.29, 1.82) is 0 Å². The second-order valence-electron chi connectivity index (χ2n) is 5.86. The first-order valence-corrected chi connectivity index (χ1v) is 10.00. The molecule has 0 aliphatic carbocycles. The van der Waals surface area contributed by atoms with Gasteiger partial charge in [-0.3, -0.25) is 13.8 Å². The average Bonchev–Trinajstić information content (AvgIpc) is 3.20. The number of carbonyl (C=O) groups is 2. The number of carbonyl (C=O) groups excluding carboxylic acids is 2. The molecule has 2 aromatic rings. The Morgan fingerprint density at radius 2 is 1.89 bits per heavy atom. The highest BCUT2D eigenvalue weighted by atomic mass is 35.5. The topological polar surface area (TPSA) is 91.7 Å². The third-order valence-electron chi connectivity index (χ3n) is 4.46. The Balaban J connectivity index is 2.09. The van der Waals surface area contributed by atoms with Gasteiger partial charge in [-0.25, -0.2) is 0 Å². The van der Waals surface area contributed by atoms with E-state index in [1.54, 1.807) is 4.57 Å². The lowest BCUT2D eigenvalue weighted by molar-refractivity contribution is -0.142. The van der Waals surface area contributed by atoms with Gasteiger partial charge in [0.1, 0.15) is 11.6 Å². The number of ketones is 1. The maximum Gasteiger partial charge on any atom is 0.314 e. The molecule has 10 heteroatoms. The molecule has 1 unspecified atom stereocenters. The van der Waals surface area contributed by atoms with Gasteiger partial charge in [-0.1, -0.05) is 35.3 Å². The number of hydrogen-bond acceptors (Lipinski definition) is 6. The molecule has 0 spiro atoms. The number of benzene rings is 1. The molecule has 1 aromatic heterocycles. The molecule has 0 radical (unpaired) electrons. The summed E-state index contributed by atoms with van der Waals surface area (Å²) in [6.45, 7) is 0.360. The number of esters is 1. The average molecular weight is 432 g/mol. The second kappa shape index (κ2) is 7.27. The van der Waals surface area contributed by atoms with Crippen molar-refractivity contribution < 1.29 is 26.9 Å². The number of hydrogen-bond donors (Lipinski definition) is 0. The van der Waals surface area contributed by atoms with Crippen LogP contribution in [0.25, 0.3) is 0 Å². The number of aromatic nitrogens is 1. The zero-order valence-electron chi connectivity index (χ0n) is 14.4. The largest absolute Gasteiger partial charge is 0.469 e. The molecule has 0 fully saturated rings. The normalized spacial score (nSPS) is 16.2. The highest BCUT2D eigenvalue weighted by molar-refractivity contribution is 7.86. The summed E-state index contributed by atoms with van der Waals surface area (Å²) in [4.78, 5) is 24.9. The highest BCUT2D eigenvalue weighted by Gasteiger charge is 2.38. The van der Waals surface area contributed by atoms with Crippen LogP contribution >= 0.6 is 23.2 Å². The van der Waals surface area contributed by atoms with Crippen molar-refractivity contribution in [2.75, 3.05) is 14.2 Å². The molecule has 0 bridgehead atoms. The first-order chi connectivity index (χ1) is 12.7. The van der Waals surface area contributed by atoms with Crippen LogP contribution in [-0.2, 0) is 30.4 Å². The second-order valence-corrected chi connectivity index (χ2v) is 8.32. The van der Waals surface area contributed by atoms with Gasteiger partial charge in [-0.15, -0.1) is 0 Å². The number of methoxy groups -OCH3 is 1. The lowest BCUT2D eigenvalue weighted by atomic mass is 10.1. The van der Waals surface area contributed by atoms with Crippen LogP contribution < -0.4 is 0 Å². The molecular formula is C17H15Cl2NO6S. The van der Waals surface area contributed by atoms with Crippen molar-refractivity contribution in [2.45, 2.75) is 23.8 Å². The lowest BCUT2D eigenvalue weighted by Gasteiger charge is -2.08. The fourth-order valence-electron chi connectivity index (χ4n) is 3.16. The summed E-state index contributed by atoms with van der Waals surface area (Å²) in [5.74, 6) is -1.58. The molecule has 0 N–H and O–H groups in total. The number of ether oxygens (including phenoxy) is 1. The Morgan fingerprint density at radius 3 is 2.52 bits per heavy atom. The van der Waals surface area contributed by atoms with E-state index < -0.39 is 27.8 Å². The summed E-state index contributed by atoms with van der Waals surface area (Å²) >= 11 is 12.6. The summed E-state index contributed by atoms with van der Waals surface area (Å²) in [5, 5.41) is 0.138. The highest BCUT2D eigenvalue weighted by Crippen LogP contribution is 2.43. The first-order valence-electron chi connectivity index (χ1n) is 7.83. The summed E-state index contributed by atoms with van der Waals surface area (Å²) in [7, 11) is -1.65. The molecule has 3 rings (SSSR count). The molecule has 144 valence electrons. The molecule has 0 amide bonds. The van der Waals surface area contributed by atoms with E-state index in [1.807, 2.05) is 0 Å². The van der Waals surface area contributed by atoms with Crippen LogP contribution in [0, 0.1) is 0 Å². The zero-order valence-corrected chi connectivity index (χ0v) is 16.7. The molecule has 0 saturated carbocycles. The van der Waals surface area contributed by atoms with Crippen LogP contribution in [0.1, 0.15) is 34.1 Å². The van der Waals surface area contributed by atoms with Crippen molar-refractivity contribution in [3.63, 3.8) is 0 Å². The third kappa shape index (κ3) is 3.27. The lowest BCUT2D eigenvalue weighted by Crippen LogP contribution is -2.12. The number of rotatable bonds is 5. The van der Waals surface area contributed by atoms with Gasteiger partial charge in [-0.05, 0) is 18.6 Å². The minimum atomic E-state index is -3.96. The first kappa shape index (κ1) is 19.9. The van der Waals surface area contributed by atoms with E-state index in [-0.39, 0.29) is 26.2 Å². The summed E-state index contributed by atoms with van der Waals surface area (Å²) in [5.41, 5.74) is 0.640.